The Bertz CT molecular complexity index is 887. The van der Waals surface area contributed by atoms with E-state index in [9.17, 15) is 9.59 Å². The highest BCUT2D eigenvalue weighted by Crippen LogP contribution is 2.05. The van der Waals surface area contributed by atoms with Gasteiger partial charge in [0.05, 0.1) is 18.2 Å². The first-order valence-electron chi connectivity index (χ1n) is 8.35. The Morgan fingerprint density at radius 3 is 2.84 bits per heavy atom. The van der Waals surface area contributed by atoms with Crippen LogP contribution in [0.1, 0.15) is 31.4 Å². The van der Waals surface area contributed by atoms with Gasteiger partial charge in [-0.25, -0.2) is 4.68 Å². The van der Waals surface area contributed by atoms with Crippen molar-refractivity contribution in [2.24, 2.45) is 0 Å². The van der Waals surface area contributed by atoms with Crippen LogP contribution in [0.25, 0.3) is 10.9 Å². The lowest BCUT2D eigenvalue weighted by molar-refractivity contribution is -0.121. The van der Waals surface area contributed by atoms with Gasteiger partial charge in [-0.3, -0.25) is 9.59 Å². The van der Waals surface area contributed by atoms with Crippen LogP contribution in [0.2, 0.25) is 0 Å². The minimum absolute atomic E-state index is 0.000867. The fourth-order valence-corrected chi connectivity index (χ4v) is 2.58. The molecule has 0 radical (unpaired) electrons. The zero-order valence-corrected chi connectivity index (χ0v) is 13.9. The fraction of sp³-hybridized carbons (Fsp3) is 0.333. The summed E-state index contributed by atoms with van der Waals surface area (Å²) in [4.78, 5) is 24.0. The maximum atomic E-state index is 12.3. The second-order valence-corrected chi connectivity index (χ2v) is 5.80. The summed E-state index contributed by atoms with van der Waals surface area (Å²) >= 11 is 0. The Kier molecular flexibility index (Phi) is 5.56. The molecule has 3 aromatic rings. The van der Waals surface area contributed by atoms with E-state index >= 15 is 0 Å². The minimum Gasteiger partial charge on any atom is -0.467 e. The van der Waals surface area contributed by atoms with Gasteiger partial charge >= 0.3 is 0 Å². The van der Waals surface area contributed by atoms with Crippen LogP contribution in [0.3, 0.4) is 0 Å². The molecule has 130 valence electrons. The summed E-state index contributed by atoms with van der Waals surface area (Å²) in [5.74, 6) is 0.738. The molecule has 0 aliphatic rings. The predicted octanol–water partition coefficient (Wildman–Crippen LogP) is 2.26. The number of rotatable bonds is 8. The molecule has 0 saturated heterocycles. The molecule has 0 unspecified atom stereocenters. The van der Waals surface area contributed by atoms with Crippen molar-refractivity contribution < 1.29 is 9.21 Å². The highest BCUT2D eigenvalue weighted by Gasteiger charge is 2.05. The molecule has 0 aliphatic carbocycles. The standard InChI is InChI=1S/C18H20N4O3/c23-17(19-13-14-7-6-12-25-14)10-2-1-5-11-22-18(24)15-8-3-4-9-16(15)20-21-22/h3-4,6-9,12H,1-2,5,10-11,13H2,(H,19,23). The third kappa shape index (κ3) is 4.53. The number of carbonyl (C=O) groups excluding carboxylic acids is 1. The largest absolute Gasteiger partial charge is 0.467 e. The molecule has 0 spiro atoms. The van der Waals surface area contributed by atoms with E-state index in [1.54, 1.807) is 24.5 Å². The number of hydrogen-bond donors (Lipinski definition) is 1. The Labute approximate surface area is 144 Å². The average molecular weight is 340 g/mol. The second-order valence-electron chi connectivity index (χ2n) is 5.80. The zero-order valence-electron chi connectivity index (χ0n) is 13.9. The molecular weight excluding hydrogens is 320 g/mol. The SMILES string of the molecule is O=C(CCCCCn1nnc2ccccc2c1=O)NCc1ccco1. The Balaban J connectivity index is 1.39. The van der Waals surface area contributed by atoms with Crippen molar-refractivity contribution in [2.45, 2.75) is 38.8 Å². The van der Waals surface area contributed by atoms with Gasteiger partial charge in [-0.05, 0) is 37.1 Å². The number of nitrogens with zero attached hydrogens (tertiary/aromatic N) is 3. The molecule has 1 amide bonds. The summed E-state index contributed by atoms with van der Waals surface area (Å²) in [5.41, 5.74) is 0.485. The third-order valence-electron chi connectivity index (χ3n) is 3.94. The highest BCUT2D eigenvalue weighted by atomic mass is 16.3. The highest BCUT2D eigenvalue weighted by molar-refractivity contribution is 5.76. The average Bonchev–Trinajstić information content (AvgIpc) is 3.15. The number of benzene rings is 1. The molecule has 0 fully saturated rings. The van der Waals surface area contributed by atoms with E-state index in [1.807, 2.05) is 18.2 Å². The van der Waals surface area contributed by atoms with Crippen LogP contribution in [-0.2, 0) is 17.9 Å². The number of fused-ring (bicyclic) bond motifs is 1. The van der Waals surface area contributed by atoms with Crippen molar-refractivity contribution in [3.05, 3.63) is 58.8 Å². The van der Waals surface area contributed by atoms with E-state index in [2.05, 4.69) is 15.6 Å². The molecule has 7 nitrogen and oxygen atoms in total. The first kappa shape index (κ1) is 16.9. The monoisotopic (exact) mass is 340 g/mol. The summed E-state index contributed by atoms with van der Waals surface area (Å²) in [6.45, 7) is 0.915. The maximum absolute atomic E-state index is 12.3. The quantitative estimate of drug-likeness (QED) is 0.635. The molecule has 1 aromatic carbocycles. The van der Waals surface area contributed by atoms with E-state index in [-0.39, 0.29) is 11.5 Å². The van der Waals surface area contributed by atoms with E-state index in [1.165, 1.54) is 4.68 Å². The molecule has 2 aromatic heterocycles. The van der Waals surface area contributed by atoms with Crippen LogP contribution in [0.4, 0.5) is 0 Å². The van der Waals surface area contributed by atoms with Crippen molar-refractivity contribution in [3.8, 4) is 0 Å². The molecule has 7 heteroatoms. The molecule has 0 bridgehead atoms. The van der Waals surface area contributed by atoms with Gasteiger partial charge < -0.3 is 9.73 Å². The number of carbonyl (C=O) groups is 1. The molecule has 2 heterocycles. The van der Waals surface area contributed by atoms with Gasteiger partial charge in [-0.1, -0.05) is 23.8 Å². The molecule has 0 aliphatic heterocycles. The maximum Gasteiger partial charge on any atom is 0.277 e. The van der Waals surface area contributed by atoms with Crippen LogP contribution in [-0.4, -0.2) is 20.9 Å². The van der Waals surface area contributed by atoms with Crippen molar-refractivity contribution in [1.29, 1.82) is 0 Å². The number of furan rings is 1. The number of hydrogen-bond acceptors (Lipinski definition) is 5. The second kappa shape index (κ2) is 8.23. The topological polar surface area (TPSA) is 90.0 Å². The normalized spacial score (nSPS) is 10.9. The minimum atomic E-state index is -0.123. The summed E-state index contributed by atoms with van der Waals surface area (Å²) in [6, 6.07) is 10.8. The summed E-state index contributed by atoms with van der Waals surface area (Å²) in [6.07, 6.45) is 4.42. The zero-order chi connectivity index (χ0) is 17.5. The Morgan fingerprint density at radius 1 is 1.12 bits per heavy atom. The van der Waals surface area contributed by atoms with E-state index in [0.717, 1.165) is 25.0 Å². The molecule has 0 atom stereocenters. The summed E-state index contributed by atoms with van der Waals surface area (Å²) < 4.78 is 6.55. The fourth-order valence-electron chi connectivity index (χ4n) is 2.58. The first-order valence-corrected chi connectivity index (χ1v) is 8.35. The van der Waals surface area contributed by atoms with E-state index < -0.39 is 0 Å². The van der Waals surface area contributed by atoms with Gasteiger partial charge in [0.2, 0.25) is 5.91 Å². The predicted molar refractivity (Wildman–Crippen MR) is 92.8 cm³/mol. The lowest BCUT2D eigenvalue weighted by Crippen LogP contribution is -2.24. The molecule has 3 rings (SSSR count). The van der Waals surface area contributed by atoms with Crippen LogP contribution in [0.15, 0.2) is 51.9 Å². The Hall–Kier alpha value is -2.96. The summed E-state index contributed by atoms with van der Waals surface area (Å²) in [5, 5.41) is 11.4. The van der Waals surface area contributed by atoms with Gasteiger partial charge in [-0.2, -0.15) is 0 Å². The number of unbranched alkanes of at least 4 members (excludes halogenated alkanes) is 2. The van der Waals surface area contributed by atoms with Crippen LogP contribution < -0.4 is 10.9 Å². The molecule has 0 saturated carbocycles. The third-order valence-corrected chi connectivity index (χ3v) is 3.94. The van der Waals surface area contributed by atoms with Crippen molar-refractivity contribution >= 4 is 16.8 Å². The number of aromatic nitrogens is 3. The van der Waals surface area contributed by atoms with Gasteiger partial charge in [0.25, 0.3) is 5.56 Å². The van der Waals surface area contributed by atoms with Gasteiger partial charge in [0.15, 0.2) is 0 Å². The number of amides is 1. The summed E-state index contributed by atoms with van der Waals surface area (Å²) in [7, 11) is 0. The van der Waals surface area contributed by atoms with E-state index in [4.69, 9.17) is 4.42 Å². The first-order chi connectivity index (χ1) is 12.2. The molecular formula is C18H20N4O3. The van der Waals surface area contributed by atoms with Crippen LogP contribution in [0, 0.1) is 0 Å². The lowest BCUT2D eigenvalue weighted by Gasteiger charge is -2.05. The molecule has 25 heavy (non-hydrogen) atoms. The van der Waals surface area contributed by atoms with Crippen molar-refractivity contribution in [2.75, 3.05) is 0 Å². The Morgan fingerprint density at radius 2 is 2.00 bits per heavy atom. The lowest BCUT2D eigenvalue weighted by atomic mass is 10.2. The van der Waals surface area contributed by atoms with E-state index in [0.29, 0.717) is 30.4 Å². The van der Waals surface area contributed by atoms with Crippen molar-refractivity contribution in [3.63, 3.8) is 0 Å². The van der Waals surface area contributed by atoms with Gasteiger partial charge in [0.1, 0.15) is 11.3 Å². The molecule has 1 N–H and O–H groups in total. The van der Waals surface area contributed by atoms with Gasteiger partial charge in [0, 0.05) is 13.0 Å². The van der Waals surface area contributed by atoms with Crippen LogP contribution >= 0.6 is 0 Å². The van der Waals surface area contributed by atoms with Gasteiger partial charge in [-0.15, -0.1) is 5.10 Å². The van der Waals surface area contributed by atoms with Crippen molar-refractivity contribution in [1.82, 2.24) is 20.3 Å². The number of aryl methyl sites for hydroxylation is 1. The number of nitrogens with one attached hydrogen (secondary N) is 1. The smallest absolute Gasteiger partial charge is 0.277 e. The van der Waals surface area contributed by atoms with Crippen LogP contribution in [0.5, 0.6) is 0 Å².